The van der Waals surface area contributed by atoms with Gasteiger partial charge in [0, 0.05) is 0 Å². The van der Waals surface area contributed by atoms with Gasteiger partial charge in [0.1, 0.15) is 0 Å². The Bertz CT molecular complexity index is 299. The third-order valence-electron chi connectivity index (χ3n) is 5.34. The summed E-state index contributed by atoms with van der Waals surface area (Å²) in [5.74, 6) is 0. The van der Waals surface area contributed by atoms with E-state index in [0.717, 1.165) is 6.42 Å². The predicted molar refractivity (Wildman–Crippen MR) is 119 cm³/mol. The van der Waals surface area contributed by atoms with Crippen LogP contribution in [0.3, 0.4) is 0 Å². The van der Waals surface area contributed by atoms with Gasteiger partial charge in [-0.2, -0.15) is 0 Å². The minimum Gasteiger partial charge on any atom is -0.468 e. The van der Waals surface area contributed by atoms with Crippen molar-refractivity contribution < 1.29 is 9.53 Å². The number of hydrogen-bond acceptors (Lipinski definition) is 2. The SMILES string of the molecule is CCCCCCC=CCCCCCCCCCCCCCCCCOC=O. The summed E-state index contributed by atoms with van der Waals surface area (Å²) >= 11 is 0. The second kappa shape index (κ2) is 25.2. The number of unbranched alkanes of at least 4 members (excludes halogenated alkanes) is 18. The maximum atomic E-state index is 10.00. The maximum absolute atomic E-state index is 10.00. The van der Waals surface area contributed by atoms with Gasteiger partial charge in [0.25, 0.3) is 6.47 Å². The fraction of sp³-hybridized carbons (Fsp3) is 0.880. The standard InChI is InChI=1S/C25H48O2/c1-2-3-4-5-6-7-8-9-10-11-12-13-14-15-16-17-18-19-20-21-22-23-24-27-25-26/h7-8,25H,2-6,9-24H2,1H3. The van der Waals surface area contributed by atoms with Crippen LogP contribution in [0.4, 0.5) is 0 Å². The van der Waals surface area contributed by atoms with Crippen LogP contribution >= 0.6 is 0 Å². The summed E-state index contributed by atoms with van der Waals surface area (Å²) in [5.41, 5.74) is 0. The molecule has 0 aliphatic heterocycles. The highest BCUT2D eigenvalue weighted by Gasteiger charge is 1.94. The van der Waals surface area contributed by atoms with E-state index in [9.17, 15) is 4.79 Å². The van der Waals surface area contributed by atoms with E-state index in [1.54, 1.807) is 0 Å². The molecule has 0 fully saturated rings. The smallest absolute Gasteiger partial charge is 0.293 e. The average molecular weight is 381 g/mol. The van der Waals surface area contributed by atoms with Crippen molar-refractivity contribution >= 4 is 6.47 Å². The van der Waals surface area contributed by atoms with Crippen LogP contribution in [0.15, 0.2) is 12.2 Å². The fourth-order valence-electron chi connectivity index (χ4n) is 3.54. The molecule has 0 saturated heterocycles. The molecule has 0 radical (unpaired) electrons. The molecule has 0 aliphatic rings. The Hall–Kier alpha value is -0.790. The normalized spacial score (nSPS) is 11.3. The minimum atomic E-state index is 0.550. The Labute approximate surface area is 170 Å². The molecule has 0 aliphatic carbocycles. The predicted octanol–water partition coefficient (Wildman–Crippen LogP) is 8.54. The Kier molecular flexibility index (Phi) is 24.5. The zero-order valence-corrected chi connectivity index (χ0v) is 18.4. The molecule has 0 aromatic rings. The van der Waals surface area contributed by atoms with E-state index in [-0.39, 0.29) is 0 Å². The number of rotatable bonds is 23. The molecule has 0 aromatic carbocycles. The highest BCUT2D eigenvalue weighted by Crippen LogP contribution is 2.13. The highest BCUT2D eigenvalue weighted by atomic mass is 16.5. The quantitative estimate of drug-likeness (QED) is 0.101. The number of hydrogen-bond donors (Lipinski definition) is 0. The number of allylic oxidation sites excluding steroid dienone is 2. The first-order valence-electron chi connectivity index (χ1n) is 12.1. The Morgan fingerprint density at radius 2 is 0.889 bits per heavy atom. The van der Waals surface area contributed by atoms with E-state index < -0.39 is 0 Å². The van der Waals surface area contributed by atoms with Gasteiger partial charge in [0.15, 0.2) is 0 Å². The van der Waals surface area contributed by atoms with Crippen LogP contribution in [-0.4, -0.2) is 13.1 Å². The van der Waals surface area contributed by atoms with Crippen molar-refractivity contribution in [2.24, 2.45) is 0 Å². The monoisotopic (exact) mass is 380 g/mol. The van der Waals surface area contributed by atoms with Crippen molar-refractivity contribution in [3.8, 4) is 0 Å². The summed E-state index contributed by atoms with van der Waals surface area (Å²) in [5, 5.41) is 0. The lowest BCUT2D eigenvalue weighted by Gasteiger charge is -2.03. The number of carbonyl (C=O) groups excluding carboxylic acids is 1. The van der Waals surface area contributed by atoms with Crippen molar-refractivity contribution in [1.82, 2.24) is 0 Å². The van der Waals surface area contributed by atoms with Gasteiger partial charge in [0.05, 0.1) is 6.61 Å². The maximum Gasteiger partial charge on any atom is 0.293 e. The van der Waals surface area contributed by atoms with Crippen molar-refractivity contribution in [3.63, 3.8) is 0 Å². The van der Waals surface area contributed by atoms with Crippen LogP contribution in [0, 0.1) is 0 Å². The molecule has 0 aromatic heterocycles. The van der Waals surface area contributed by atoms with Gasteiger partial charge in [-0.3, -0.25) is 4.79 Å². The van der Waals surface area contributed by atoms with Gasteiger partial charge >= 0.3 is 0 Å². The van der Waals surface area contributed by atoms with E-state index >= 15 is 0 Å². The third-order valence-corrected chi connectivity index (χ3v) is 5.34. The van der Waals surface area contributed by atoms with Crippen LogP contribution < -0.4 is 0 Å². The molecule has 0 heterocycles. The summed E-state index contributed by atoms with van der Waals surface area (Å²) in [6, 6.07) is 0. The Morgan fingerprint density at radius 3 is 1.30 bits per heavy atom. The van der Waals surface area contributed by atoms with Crippen molar-refractivity contribution in [1.29, 1.82) is 0 Å². The summed E-state index contributed by atoms with van der Waals surface area (Å²) in [6.45, 7) is 3.42. The molecule has 27 heavy (non-hydrogen) atoms. The topological polar surface area (TPSA) is 26.3 Å². The lowest BCUT2D eigenvalue weighted by atomic mass is 10.0. The molecule has 0 atom stereocenters. The molecule has 0 unspecified atom stereocenters. The van der Waals surface area contributed by atoms with Crippen molar-refractivity contribution in [2.45, 2.75) is 135 Å². The van der Waals surface area contributed by atoms with Gasteiger partial charge in [-0.15, -0.1) is 0 Å². The molecule has 160 valence electrons. The Morgan fingerprint density at radius 1 is 0.519 bits per heavy atom. The van der Waals surface area contributed by atoms with E-state index in [0.29, 0.717) is 13.1 Å². The minimum absolute atomic E-state index is 0.550. The fourth-order valence-corrected chi connectivity index (χ4v) is 3.54. The first-order chi connectivity index (χ1) is 13.4. The summed E-state index contributed by atoms with van der Waals surface area (Å²) in [7, 11) is 0. The van der Waals surface area contributed by atoms with Crippen LogP contribution in [0.2, 0.25) is 0 Å². The highest BCUT2D eigenvalue weighted by molar-refractivity contribution is 5.36. The summed E-state index contributed by atoms with van der Waals surface area (Å²) < 4.78 is 4.69. The molecule has 0 rings (SSSR count). The number of carbonyl (C=O) groups is 1. The molecule has 2 nitrogen and oxygen atoms in total. The van der Waals surface area contributed by atoms with Crippen LogP contribution in [-0.2, 0) is 9.53 Å². The van der Waals surface area contributed by atoms with E-state index in [1.807, 2.05) is 0 Å². The molecular formula is C25H48O2. The zero-order chi connectivity index (χ0) is 19.7. The molecule has 0 bridgehead atoms. The second-order valence-electron chi connectivity index (χ2n) is 8.03. The van der Waals surface area contributed by atoms with Crippen LogP contribution in [0.25, 0.3) is 0 Å². The van der Waals surface area contributed by atoms with Crippen LogP contribution in [0.1, 0.15) is 135 Å². The summed E-state index contributed by atoms with van der Waals surface area (Å²) in [6.07, 6.45) is 31.9. The second-order valence-corrected chi connectivity index (χ2v) is 8.03. The molecule has 0 amide bonds. The molecule has 2 heteroatoms. The molecule has 0 N–H and O–H groups in total. The van der Waals surface area contributed by atoms with Crippen LogP contribution in [0.5, 0.6) is 0 Å². The Balaban J connectivity index is 3.03. The lowest BCUT2D eigenvalue weighted by molar-refractivity contribution is -0.128. The largest absolute Gasteiger partial charge is 0.468 e. The van der Waals surface area contributed by atoms with Gasteiger partial charge in [-0.1, -0.05) is 115 Å². The van der Waals surface area contributed by atoms with E-state index in [2.05, 4.69) is 19.1 Å². The zero-order valence-electron chi connectivity index (χ0n) is 18.4. The lowest BCUT2D eigenvalue weighted by Crippen LogP contribution is -1.91. The van der Waals surface area contributed by atoms with E-state index in [4.69, 9.17) is 4.74 Å². The first kappa shape index (κ1) is 26.2. The third kappa shape index (κ3) is 25.2. The van der Waals surface area contributed by atoms with E-state index in [1.165, 1.54) is 122 Å². The first-order valence-corrected chi connectivity index (χ1v) is 12.1. The summed E-state index contributed by atoms with van der Waals surface area (Å²) in [4.78, 5) is 10.00. The van der Waals surface area contributed by atoms with Gasteiger partial charge in [-0.05, 0) is 32.1 Å². The van der Waals surface area contributed by atoms with Crippen molar-refractivity contribution in [3.05, 3.63) is 12.2 Å². The molecular weight excluding hydrogens is 332 g/mol. The molecule has 0 saturated carbocycles. The van der Waals surface area contributed by atoms with Gasteiger partial charge in [0.2, 0.25) is 0 Å². The van der Waals surface area contributed by atoms with Gasteiger partial charge in [-0.25, -0.2) is 0 Å². The van der Waals surface area contributed by atoms with Crippen molar-refractivity contribution in [2.75, 3.05) is 6.61 Å². The van der Waals surface area contributed by atoms with Gasteiger partial charge < -0.3 is 4.74 Å². The molecule has 0 spiro atoms. The number of ether oxygens (including phenoxy) is 1. The average Bonchev–Trinajstić information content (AvgIpc) is 2.68.